The molecule has 0 saturated carbocycles. The van der Waals surface area contributed by atoms with Crippen molar-refractivity contribution < 1.29 is 26.7 Å². The summed E-state index contributed by atoms with van der Waals surface area (Å²) >= 11 is 0. The third kappa shape index (κ3) is 5.71. The number of amides is 1. The first-order chi connectivity index (χ1) is 14.7. The SMILES string of the molecule is C[C@@H](C(=O)NCc1ccc(N2CCOCC2)cc1)N(c1ccc(F)c(F)c1)S(C)(=O)=O. The number of carbonyl (C=O) groups excluding carboxylic acids is 1. The first-order valence-corrected chi connectivity index (χ1v) is 11.7. The maximum Gasteiger partial charge on any atom is 0.243 e. The van der Waals surface area contributed by atoms with E-state index in [1.165, 1.54) is 6.92 Å². The van der Waals surface area contributed by atoms with Gasteiger partial charge in [-0.3, -0.25) is 9.10 Å². The van der Waals surface area contributed by atoms with Crippen molar-refractivity contribution in [2.45, 2.75) is 19.5 Å². The molecule has 0 spiro atoms. The molecule has 1 N–H and O–H groups in total. The molecule has 2 aromatic carbocycles. The van der Waals surface area contributed by atoms with Crippen LogP contribution in [-0.4, -0.2) is 52.9 Å². The van der Waals surface area contributed by atoms with Crippen LogP contribution in [0.15, 0.2) is 42.5 Å². The van der Waals surface area contributed by atoms with Crippen LogP contribution >= 0.6 is 0 Å². The third-order valence-electron chi connectivity index (χ3n) is 5.03. The standard InChI is InChI=1S/C21H25F2N3O4S/c1-15(26(31(2,28)29)18-7-8-19(22)20(23)13-18)21(27)24-14-16-3-5-17(6-4-16)25-9-11-30-12-10-25/h3-8,13,15H,9-12,14H2,1-2H3,(H,24,27)/t15-/m0/s1. The lowest BCUT2D eigenvalue weighted by Gasteiger charge is -2.29. The Morgan fingerprint density at radius 3 is 2.35 bits per heavy atom. The fourth-order valence-electron chi connectivity index (χ4n) is 3.41. The fraction of sp³-hybridized carbons (Fsp3) is 0.381. The van der Waals surface area contributed by atoms with E-state index in [2.05, 4.69) is 10.2 Å². The second kappa shape index (κ2) is 9.61. The zero-order valence-electron chi connectivity index (χ0n) is 17.3. The molecule has 2 aromatic rings. The van der Waals surface area contributed by atoms with Crippen LogP contribution in [-0.2, 0) is 26.1 Å². The summed E-state index contributed by atoms with van der Waals surface area (Å²) in [6.45, 7) is 4.59. The summed E-state index contributed by atoms with van der Waals surface area (Å²) in [5.41, 5.74) is 1.78. The number of carbonyl (C=O) groups is 1. The van der Waals surface area contributed by atoms with Gasteiger partial charge in [0.25, 0.3) is 0 Å². The van der Waals surface area contributed by atoms with Crippen molar-refractivity contribution in [2.75, 3.05) is 41.8 Å². The Balaban J connectivity index is 1.67. The van der Waals surface area contributed by atoms with Gasteiger partial charge in [-0.2, -0.15) is 0 Å². The first-order valence-electron chi connectivity index (χ1n) is 9.80. The van der Waals surface area contributed by atoms with Crippen molar-refractivity contribution in [1.29, 1.82) is 0 Å². The summed E-state index contributed by atoms with van der Waals surface area (Å²) in [4.78, 5) is 14.8. The molecule has 1 amide bonds. The van der Waals surface area contributed by atoms with Gasteiger partial charge in [-0.1, -0.05) is 12.1 Å². The quantitative estimate of drug-likeness (QED) is 0.696. The van der Waals surface area contributed by atoms with E-state index < -0.39 is 33.6 Å². The topological polar surface area (TPSA) is 79.0 Å². The highest BCUT2D eigenvalue weighted by Crippen LogP contribution is 2.23. The Labute approximate surface area is 180 Å². The van der Waals surface area contributed by atoms with E-state index in [4.69, 9.17) is 4.74 Å². The Morgan fingerprint density at radius 2 is 1.77 bits per heavy atom. The van der Waals surface area contributed by atoms with E-state index in [-0.39, 0.29) is 12.2 Å². The van der Waals surface area contributed by atoms with Gasteiger partial charge in [-0.25, -0.2) is 17.2 Å². The van der Waals surface area contributed by atoms with Gasteiger partial charge in [0, 0.05) is 31.4 Å². The molecule has 1 aliphatic heterocycles. The molecule has 0 aliphatic carbocycles. The minimum absolute atomic E-state index is 0.126. The third-order valence-corrected chi connectivity index (χ3v) is 6.27. The zero-order chi connectivity index (χ0) is 22.6. The highest BCUT2D eigenvalue weighted by atomic mass is 32.2. The van der Waals surface area contributed by atoms with E-state index in [1.807, 2.05) is 24.3 Å². The van der Waals surface area contributed by atoms with Gasteiger partial charge in [0.2, 0.25) is 15.9 Å². The van der Waals surface area contributed by atoms with Crippen LogP contribution in [0, 0.1) is 11.6 Å². The number of morpholine rings is 1. The number of ether oxygens (including phenoxy) is 1. The van der Waals surface area contributed by atoms with Crippen molar-refractivity contribution in [3.63, 3.8) is 0 Å². The van der Waals surface area contributed by atoms with E-state index >= 15 is 0 Å². The molecular weight excluding hydrogens is 428 g/mol. The average molecular weight is 454 g/mol. The normalized spacial score (nSPS) is 15.4. The highest BCUT2D eigenvalue weighted by molar-refractivity contribution is 7.92. The molecule has 0 unspecified atom stereocenters. The molecule has 1 heterocycles. The number of nitrogens with one attached hydrogen (secondary N) is 1. The van der Waals surface area contributed by atoms with Gasteiger partial charge in [-0.05, 0) is 36.8 Å². The number of hydrogen-bond acceptors (Lipinski definition) is 5. The van der Waals surface area contributed by atoms with Crippen LogP contribution in [0.1, 0.15) is 12.5 Å². The van der Waals surface area contributed by atoms with Crippen LogP contribution in [0.5, 0.6) is 0 Å². The molecule has 0 radical (unpaired) electrons. The Hall–Kier alpha value is -2.72. The van der Waals surface area contributed by atoms with Gasteiger partial charge in [0.05, 0.1) is 25.2 Å². The average Bonchev–Trinajstić information content (AvgIpc) is 2.74. The Morgan fingerprint density at radius 1 is 1.13 bits per heavy atom. The molecule has 7 nitrogen and oxygen atoms in total. The Bertz CT molecular complexity index is 1030. The molecule has 168 valence electrons. The lowest BCUT2D eigenvalue weighted by atomic mass is 10.1. The van der Waals surface area contributed by atoms with E-state index in [0.717, 1.165) is 53.1 Å². The molecule has 1 saturated heterocycles. The predicted molar refractivity (Wildman–Crippen MR) is 114 cm³/mol. The summed E-state index contributed by atoms with van der Waals surface area (Å²) in [6, 6.07) is 9.23. The van der Waals surface area contributed by atoms with Crippen molar-refractivity contribution in [2.24, 2.45) is 0 Å². The second-order valence-corrected chi connectivity index (χ2v) is 9.18. The van der Waals surface area contributed by atoms with E-state index in [1.54, 1.807) is 0 Å². The fourth-order valence-corrected chi connectivity index (χ4v) is 4.58. The maximum absolute atomic E-state index is 13.6. The first kappa shape index (κ1) is 23.0. The number of hydrogen-bond donors (Lipinski definition) is 1. The van der Waals surface area contributed by atoms with Gasteiger partial charge >= 0.3 is 0 Å². The minimum Gasteiger partial charge on any atom is -0.378 e. The molecule has 3 rings (SSSR count). The van der Waals surface area contributed by atoms with Crippen LogP contribution in [0.4, 0.5) is 20.2 Å². The lowest BCUT2D eigenvalue weighted by molar-refractivity contribution is -0.122. The number of sulfonamides is 1. The zero-order valence-corrected chi connectivity index (χ0v) is 18.2. The van der Waals surface area contributed by atoms with Crippen LogP contribution in [0.3, 0.4) is 0 Å². The second-order valence-electron chi connectivity index (χ2n) is 7.32. The van der Waals surface area contributed by atoms with Gasteiger partial charge in [0.1, 0.15) is 6.04 Å². The minimum atomic E-state index is -3.93. The van der Waals surface area contributed by atoms with Crippen molar-refractivity contribution in [3.8, 4) is 0 Å². The van der Waals surface area contributed by atoms with Crippen molar-refractivity contribution in [3.05, 3.63) is 59.7 Å². The van der Waals surface area contributed by atoms with Crippen molar-refractivity contribution >= 4 is 27.3 Å². The van der Waals surface area contributed by atoms with Crippen LogP contribution in [0.2, 0.25) is 0 Å². The van der Waals surface area contributed by atoms with Gasteiger partial charge in [0.15, 0.2) is 11.6 Å². The molecule has 1 fully saturated rings. The maximum atomic E-state index is 13.6. The molecular formula is C21H25F2N3O4S. The molecule has 10 heteroatoms. The smallest absolute Gasteiger partial charge is 0.243 e. The van der Waals surface area contributed by atoms with Crippen LogP contribution < -0.4 is 14.5 Å². The number of nitrogens with zero attached hydrogens (tertiary/aromatic N) is 2. The van der Waals surface area contributed by atoms with E-state index in [0.29, 0.717) is 13.2 Å². The van der Waals surface area contributed by atoms with Gasteiger partial charge < -0.3 is 15.0 Å². The molecule has 1 aliphatic rings. The van der Waals surface area contributed by atoms with Gasteiger partial charge in [-0.15, -0.1) is 0 Å². The highest BCUT2D eigenvalue weighted by Gasteiger charge is 2.29. The van der Waals surface area contributed by atoms with E-state index in [9.17, 15) is 22.0 Å². The number of halogens is 2. The number of rotatable bonds is 7. The Kier molecular flexibility index (Phi) is 7.11. The molecule has 0 aromatic heterocycles. The summed E-state index contributed by atoms with van der Waals surface area (Å²) in [7, 11) is -3.93. The summed E-state index contributed by atoms with van der Waals surface area (Å²) < 4.78 is 57.5. The number of benzene rings is 2. The number of anilines is 2. The van der Waals surface area contributed by atoms with Crippen LogP contribution in [0.25, 0.3) is 0 Å². The molecule has 0 bridgehead atoms. The predicted octanol–water partition coefficient (Wildman–Crippen LogP) is 2.27. The lowest BCUT2D eigenvalue weighted by Crippen LogP contribution is -2.47. The summed E-state index contributed by atoms with van der Waals surface area (Å²) in [5.74, 6) is -2.86. The largest absolute Gasteiger partial charge is 0.378 e. The van der Waals surface area contributed by atoms with Crippen molar-refractivity contribution in [1.82, 2.24) is 5.32 Å². The summed E-state index contributed by atoms with van der Waals surface area (Å²) in [5, 5.41) is 2.70. The summed E-state index contributed by atoms with van der Waals surface area (Å²) in [6.07, 6.45) is 0.905. The molecule has 31 heavy (non-hydrogen) atoms. The monoisotopic (exact) mass is 453 g/mol. The molecule has 1 atom stereocenters.